The highest BCUT2D eigenvalue weighted by Gasteiger charge is 2.05. The summed E-state index contributed by atoms with van der Waals surface area (Å²) in [5.74, 6) is 1.31. The van der Waals surface area contributed by atoms with E-state index in [1.807, 2.05) is 0 Å². The third-order valence-electron chi connectivity index (χ3n) is 2.56. The summed E-state index contributed by atoms with van der Waals surface area (Å²) < 4.78 is 5.32. The van der Waals surface area contributed by atoms with E-state index in [-0.39, 0.29) is 6.54 Å². The predicted octanol–water partition coefficient (Wildman–Crippen LogP) is 2.44. The van der Waals surface area contributed by atoms with Gasteiger partial charge in [0.15, 0.2) is 0 Å². The molecule has 0 saturated carbocycles. The molecular weight excluding hydrogens is 234 g/mol. The molecule has 0 spiro atoms. The summed E-state index contributed by atoms with van der Waals surface area (Å²) >= 11 is 1.53. The van der Waals surface area contributed by atoms with Gasteiger partial charge < -0.3 is 10.2 Å². The molecule has 0 radical (unpaired) electrons. The van der Waals surface area contributed by atoms with E-state index in [2.05, 4.69) is 42.2 Å². The Balaban J connectivity index is 1.99. The Morgan fingerprint density at radius 1 is 1.24 bits per heavy atom. The summed E-state index contributed by atoms with van der Waals surface area (Å²) in [6, 6.07) is 6.43. The van der Waals surface area contributed by atoms with Crippen molar-refractivity contribution < 1.29 is 4.42 Å². The van der Waals surface area contributed by atoms with Crippen LogP contribution in [0.5, 0.6) is 0 Å². The van der Waals surface area contributed by atoms with Crippen LogP contribution in [0.4, 0.5) is 0 Å². The second-order valence-corrected chi connectivity index (χ2v) is 4.80. The molecule has 2 N–H and O–H groups in total. The topological polar surface area (TPSA) is 64.9 Å². The highest BCUT2D eigenvalue weighted by Crippen LogP contribution is 2.22. The SMILES string of the molecule is Cc1ccc(CSc2nnc(CN)o2)cc1C. The highest BCUT2D eigenvalue weighted by atomic mass is 32.2. The van der Waals surface area contributed by atoms with Crippen LogP contribution in [-0.2, 0) is 12.3 Å². The Bertz CT molecular complexity index is 510. The lowest BCUT2D eigenvalue weighted by Gasteiger charge is -2.03. The lowest BCUT2D eigenvalue weighted by atomic mass is 10.1. The van der Waals surface area contributed by atoms with Gasteiger partial charge in [0.25, 0.3) is 5.22 Å². The number of nitrogens with zero attached hydrogens (tertiary/aromatic N) is 2. The van der Waals surface area contributed by atoms with Crippen LogP contribution in [0, 0.1) is 13.8 Å². The first kappa shape index (κ1) is 12.1. The van der Waals surface area contributed by atoms with Gasteiger partial charge in [0, 0.05) is 5.75 Å². The Morgan fingerprint density at radius 3 is 2.71 bits per heavy atom. The summed E-state index contributed by atoms with van der Waals surface area (Å²) in [4.78, 5) is 0. The summed E-state index contributed by atoms with van der Waals surface area (Å²) in [5.41, 5.74) is 9.27. The van der Waals surface area contributed by atoms with Crippen LogP contribution in [0.2, 0.25) is 0 Å². The molecule has 0 aliphatic heterocycles. The van der Waals surface area contributed by atoms with E-state index in [4.69, 9.17) is 10.2 Å². The van der Waals surface area contributed by atoms with Crippen molar-refractivity contribution in [3.8, 4) is 0 Å². The minimum absolute atomic E-state index is 0.289. The number of hydrogen-bond donors (Lipinski definition) is 1. The van der Waals surface area contributed by atoms with Crippen LogP contribution >= 0.6 is 11.8 Å². The zero-order valence-electron chi connectivity index (χ0n) is 9.93. The monoisotopic (exact) mass is 249 g/mol. The largest absolute Gasteiger partial charge is 0.415 e. The van der Waals surface area contributed by atoms with Crippen LogP contribution in [0.15, 0.2) is 27.8 Å². The van der Waals surface area contributed by atoms with Crippen molar-refractivity contribution in [2.45, 2.75) is 31.4 Å². The minimum atomic E-state index is 0.289. The van der Waals surface area contributed by atoms with Gasteiger partial charge in [-0.25, -0.2) is 0 Å². The Morgan fingerprint density at radius 2 is 2.06 bits per heavy atom. The van der Waals surface area contributed by atoms with E-state index in [9.17, 15) is 0 Å². The van der Waals surface area contributed by atoms with Gasteiger partial charge in [-0.2, -0.15) is 0 Å². The average Bonchev–Trinajstić information content (AvgIpc) is 2.79. The van der Waals surface area contributed by atoms with E-state index in [1.54, 1.807) is 0 Å². The van der Waals surface area contributed by atoms with Gasteiger partial charge in [0.05, 0.1) is 6.54 Å². The van der Waals surface area contributed by atoms with E-state index < -0.39 is 0 Å². The van der Waals surface area contributed by atoms with E-state index in [0.717, 1.165) is 5.75 Å². The summed E-state index contributed by atoms with van der Waals surface area (Å²) in [7, 11) is 0. The molecule has 0 bridgehead atoms. The van der Waals surface area contributed by atoms with E-state index in [0.29, 0.717) is 11.1 Å². The third-order valence-corrected chi connectivity index (χ3v) is 3.45. The van der Waals surface area contributed by atoms with Crippen molar-refractivity contribution in [3.63, 3.8) is 0 Å². The van der Waals surface area contributed by atoms with Gasteiger partial charge in [-0.05, 0) is 30.5 Å². The molecule has 0 fully saturated rings. The van der Waals surface area contributed by atoms with Crippen molar-refractivity contribution in [2.24, 2.45) is 5.73 Å². The van der Waals surface area contributed by atoms with Gasteiger partial charge in [-0.1, -0.05) is 30.0 Å². The number of benzene rings is 1. The first-order valence-corrected chi connectivity index (χ1v) is 6.39. The first-order valence-electron chi connectivity index (χ1n) is 5.40. The molecule has 0 atom stereocenters. The van der Waals surface area contributed by atoms with E-state index in [1.165, 1.54) is 28.5 Å². The zero-order chi connectivity index (χ0) is 12.3. The second-order valence-electron chi connectivity index (χ2n) is 3.87. The maximum atomic E-state index is 5.40. The molecule has 0 aliphatic carbocycles. The summed E-state index contributed by atoms with van der Waals surface area (Å²) in [5, 5.41) is 8.30. The van der Waals surface area contributed by atoms with Gasteiger partial charge in [0.2, 0.25) is 5.89 Å². The number of aryl methyl sites for hydroxylation is 2. The third kappa shape index (κ3) is 3.08. The Labute approximate surface area is 105 Å². The average molecular weight is 249 g/mol. The smallest absolute Gasteiger partial charge is 0.276 e. The predicted molar refractivity (Wildman–Crippen MR) is 67.7 cm³/mol. The maximum absolute atomic E-state index is 5.40. The molecule has 5 heteroatoms. The zero-order valence-corrected chi connectivity index (χ0v) is 10.8. The molecule has 2 rings (SSSR count). The van der Waals surface area contributed by atoms with Gasteiger partial charge in [0.1, 0.15) is 0 Å². The molecule has 0 aliphatic rings. The quantitative estimate of drug-likeness (QED) is 0.843. The minimum Gasteiger partial charge on any atom is -0.415 e. The normalized spacial score (nSPS) is 10.8. The molecule has 0 saturated heterocycles. The number of hydrogen-bond acceptors (Lipinski definition) is 5. The number of rotatable bonds is 4. The summed E-state index contributed by atoms with van der Waals surface area (Å²) in [6.45, 7) is 4.51. The standard InChI is InChI=1S/C12H15N3OS/c1-8-3-4-10(5-9(8)2)7-17-12-15-14-11(6-13)16-12/h3-5H,6-7,13H2,1-2H3. The molecule has 1 aromatic carbocycles. The van der Waals surface area contributed by atoms with Crippen LogP contribution in [0.3, 0.4) is 0 Å². The van der Waals surface area contributed by atoms with Gasteiger partial charge in [-0.15, -0.1) is 10.2 Å². The van der Waals surface area contributed by atoms with Crippen molar-refractivity contribution in [1.29, 1.82) is 0 Å². The van der Waals surface area contributed by atoms with Crippen LogP contribution < -0.4 is 5.73 Å². The molecule has 17 heavy (non-hydrogen) atoms. The molecule has 0 amide bonds. The Kier molecular flexibility index (Phi) is 3.81. The second kappa shape index (κ2) is 5.33. The van der Waals surface area contributed by atoms with Gasteiger partial charge >= 0.3 is 0 Å². The number of nitrogens with two attached hydrogens (primary N) is 1. The fourth-order valence-electron chi connectivity index (χ4n) is 1.42. The molecule has 90 valence electrons. The van der Waals surface area contributed by atoms with Crippen LogP contribution in [-0.4, -0.2) is 10.2 Å². The van der Waals surface area contributed by atoms with Gasteiger partial charge in [-0.3, -0.25) is 0 Å². The maximum Gasteiger partial charge on any atom is 0.276 e. The molecule has 4 nitrogen and oxygen atoms in total. The molecule has 1 aromatic heterocycles. The lowest BCUT2D eigenvalue weighted by molar-refractivity contribution is 0.415. The molecule has 1 heterocycles. The van der Waals surface area contributed by atoms with Crippen molar-refractivity contribution in [1.82, 2.24) is 10.2 Å². The number of thioether (sulfide) groups is 1. The van der Waals surface area contributed by atoms with Crippen LogP contribution in [0.1, 0.15) is 22.6 Å². The Hall–Kier alpha value is -1.33. The van der Waals surface area contributed by atoms with E-state index >= 15 is 0 Å². The molecule has 2 aromatic rings. The lowest BCUT2D eigenvalue weighted by Crippen LogP contribution is -1.95. The van der Waals surface area contributed by atoms with Crippen molar-refractivity contribution >= 4 is 11.8 Å². The van der Waals surface area contributed by atoms with Crippen molar-refractivity contribution in [3.05, 3.63) is 40.8 Å². The summed E-state index contributed by atoms with van der Waals surface area (Å²) in [6.07, 6.45) is 0. The highest BCUT2D eigenvalue weighted by molar-refractivity contribution is 7.98. The number of aromatic nitrogens is 2. The fourth-order valence-corrected chi connectivity index (χ4v) is 2.14. The first-order chi connectivity index (χ1) is 8.19. The molecular formula is C12H15N3OS. The molecule has 0 unspecified atom stereocenters. The fraction of sp³-hybridized carbons (Fsp3) is 0.333. The van der Waals surface area contributed by atoms with Crippen LogP contribution in [0.25, 0.3) is 0 Å². The van der Waals surface area contributed by atoms with Crippen molar-refractivity contribution in [2.75, 3.05) is 0 Å².